The Morgan fingerprint density at radius 2 is 2.29 bits per heavy atom. The van der Waals surface area contributed by atoms with Gasteiger partial charge in [-0.3, -0.25) is 0 Å². The van der Waals surface area contributed by atoms with E-state index in [1.54, 1.807) is 4.52 Å². The first-order valence-electron chi connectivity index (χ1n) is 4.36. The van der Waals surface area contributed by atoms with Crippen LogP contribution in [0.4, 0.5) is 0 Å². The van der Waals surface area contributed by atoms with Crippen LogP contribution in [0.2, 0.25) is 0 Å². The molecule has 2 N–H and O–H groups in total. The standard InChI is InChI=1S/C9H11BrN4/c1-5-3-7(10)4-14-9(5)12-8(13-14)6(2)11/h3-4,6H,11H2,1-2H3. The van der Waals surface area contributed by atoms with Crippen molar-refractivity contribution in [1.82, 2.24) is 14.6 Å². The quantitative estimate of drug-likeness (QED) is 0.845. The molecule has 2 heterocycles. The summed E-state index contributed by atoms with van der Waals surface area (Å²) in [6.07, 6.45) is 1.88. The van der Waals surface area contributed by atoms with E-state index in [1.165, 1.54) is 0 Å². The van der Waals surface area contributed by atoms with Crippen molar-refractivity contribution < 1.29 is 0 Å². The number of aromatic nitrogens is 3. The van der Waals surface area contributed by atoms with Crippen LogP contribution in [0.5, 0.6) is 0 Å². The lowest BCUT2D eigenvalue weighted by Crippen LogP contribution is -2.07. The van der Waals surface area contributed by atoms with E-state index < -0.39 is 0 Å². The second-order valence-corrected chi connectivity index (χ2v) is 4.28. The molecule has 4 nitrogen and oxygen atoms in total. The Labute approximate surface area is 90.3 Å². The number of nitrogens with zero attached hydrogens (tertiary/aromatic N) is 3. The Bertz CT molecular complexity index is 475. The molecule has 74 valence electrons. The molecular formula is C9H11BrN4. The molecule has 0 aliphatic rings. The van der Waals surface area contributed by atoms with Crippen molar-refractivity contribution in [2.45, 2.75) is 19.9 Å². The van der Waals surface area contributed by atoms with Crippen LogP contribution < -0.4 is 5.73 Å². The summed E-state index contributed by atoms with van der Waals surface area (Å²) in [6.45, 7) is 3.87. The molecule has 2 aromatic heterocycles. The second-order valence-electron chi connectivity index (χ2n) is 3.37. The third-order valence-electron chi connectivity index (χ3n) is 2.01. The average Bonchev–Trinajstić information content (AvgIpc) is 2.47. The SMILES string of the molecule is Cc1cc(Br)cn2nc(C(C)N)nc12. The molecule has 0 saturated carbocycles. The fraction of sp³-hybridized carbons (Fsp3) is 0.333. The third-order valence-corrected chi connectivity index (χ3v) is 2.44. The number of rotatable bonds is 1. The van der Waals surface area contributed by atoms with Gasteiger partial charge in [-0.15, -0.1) is 5.10 Å². The highest BCUT2D eigenvalue weighted by atomic mass is 79.9. The van der Waals surface area contributed by atoms with E-state index >= 15 is 0 Å². The highest BCUT2D eigenvalue weighted by Crippen LogP contribution is 2.16. The molecule has 2 rings (SSSR count). The summed E-state index contributed by atoms with van der Waals surface area (Å²) in [5, 5.41) is 4.28. The fourth-order valence-corrected chi connectivity index (χ4v) is 1.85. The lowest BCUT2D eigenvalue weighted by molar-refractivity contribution is 0.733. The molecule has 0 amide bonds. The number of pyridine rings is 1. The maximum absolute atomic E-state index is 5.72. The summed E-state index contributed by atoms with van der Waals surface area (Å²) in [7, 11) is 0. The maximum Gasteiger partial charge on any atom is 0.168 e. The van der Waals surface area contributed by atoms with Crippen molar-refractivity contribution in [2.24, 2.45) is 5.73 Å². The van der Waals surface area contributed by atoms with Gasteiger partial charge in [-0.25, -0.2) is 9.50 Å². The van der Waals surface area contributed by atoms with Gasteiger partial charge in [0.1, 0.15) is 0 Å². The molecule has 2 aromatic rings. The van der Waals surface area contributed by atoms with Crippen molar-refractivity contribution in [2.75, 3.05) is 0 Å². The minimum atomic E-state index is -0.131. The number of hydrogen-bond acceptors (Lipinski definition) is 3. The van der Waals surface area contributed by atoms with Gasteiger partial charge in [0.2, 0.25) is 0 Å². The first-order valence-corrected chi connectivity index (χ1v) is 5.15. The van der Waals surface area contributed by atoms with Gasteiger partial charge < -0.3 is 5.73 Å². The van der Waals surface area contributed by atoms with Crippen molar-refractivity contribution in [3.05, 3.63) is 28.1 Å². The third kappa shape index (κ3) is 1.53. The molecule has 0 bridgehead atoms. The summed E-state index contributed by atoms with van der Waals surface area (Å²) in [6, 6.07) is 1.88. The van der Waals surface area contributed by atoms with Crippen LogP contribution in [0.1, 0.15) is 24.4 Å². The highest BCUT2D eigenvalue weighted by Gasteiger charge is 2.09. The zero-order valence-corrected chi connectivity index (χ0v) is 9.62. The summed E-state index contributed by atoms with van der Waals surface area (Å²) >= 11 is 3.41. The monoisotopic (exact) mass is 254 g/mol. The van der Waals surface area contributed by atoms with Crippen molar-refractivity contribution in [1.29, 1.82) is 0 Å². The van der Waals surface area contributed by atoms with Crippen molar-refractivity contribution in [3.8, 4) is 0 Å². The Balaban J connectivity index is 2.70. The molecule has 0 spiro atoms. The van der Waals surface area contributed by atoms with Crippen LogP contribution in [-0.2, 0) is 0 Å². The number of aryl methyl sites for hydroxylation is 1. The van der Waals surface area contributed by atoms with Gasteiger partial charge in [-0.05, 0) is 41.4 Å². The topological polar surface area (TPSA) is 56.2 Å². The van der Waals surface area contributed by atoms with Crippen LogP contribution in [0.25, 0.3) is 5.65 Å². The summed E-state index contributed by atoms with van der Waals surface area (Å²) in [5.41, 5.74) is 7.66. The molecule has 0 aliphatic heterocycles. The number of nitrogens with two attached hydrogens (primary N) is 1. The van der Waals surface area contributed by atoms with Crippen LogP contribution in [0.3, 0.4) is 0 Å². The van der Waals surface area contributed by atoms with Crippen molar-refractivity contribution in [3.63, 3.8) is 0 Å². The van der Waals surface area contributed by atoms with Gasteiger partial charge in [0.05, 0.1) is 6.04 Å². The molecule has 0 saturated heterocycles. The minimum absolute atomic E-state index is 0.131. The lowest BCUT2D eigenvalue weighted by atomic mass is 10.3. The fourth-order valence-electron chi connectivity index (χ4n) is 1.32. The molecule has 5 heteroatoms. The van der Waals surface area contributed by atoms with Crippen molar-refractivity contribution >= 4 is 21.6 Å². The van der Waals surface area contributed by atoms with Crippen LogP contribution in [0, 0.1) is 6.92 Å². The van der Waals surface area contributed by atoms with E-state index in [-0.39, 0.29) is 6.04 Å². The van der Waals surface area contributed by atoms with Crippen LogP contribution >= 0.6 is 15.9 Å². The molecule has 0 radical (unpaired) electrons. The van der Waals surface area contributed by atoms with Gasteiger partial charge in [0.25, 0.3) is 0 Å². The lowest BCUT2D eigenvalue weighted by Gasteiger charge is -1.96. The zero-order valence-electron chi connectivity index (χ0n) is 8.03. The Kier molecular flexibility index (Phi) is 2.28. The molecule has 0 aliphatic carbocycles. The predicted octanol–water partition coefficient (Wildman–Crippen LogP) is 1.82. The molecule has 1 unspecified atom stereocenters. The van der Waals surface area contributed by atoms with Gasteiger partial charge >= 0.3 is 0 Å². The summed E-state index contributed by atoms with van der Waals surface area (Å²) < 4.78 is 2.74. The Hall–Kier alpha value is -0.940. The van der Waals surface area contributed by atoms with E-state index in [1.807, 2.05) is 26.1 Å². The second kappa shape index (κ2) is 3.33. The van der Waals surface area contributed by atoms with Crippen LogP contribution in [-0.4, -0.2) is 14.6 Å². The number of hydrogen-bond donors (Lipinski definition) is 1. The maximum atomic E-state index is 5.72. The number of halogens is 1. The predicted molar refractivity (Wildman–Crippen MR) is 58.0 cm³/mol. The van der Waals surface area contributed by atoms with E-state index in [9.17, 15) is 0 Å². The van der Waals surface area contributed by atoms with Gasteiger partial charge in [-0.2, -0.15) is 0 Å². The molecular weight excluding hydrogens is 244 g/mol. The van der Waals surface area contributed by atoms with Crippen LogP contribution in [0.15, 0.2) is 16.7 Å². The average molecular weight is 255 g/mol. The molecule has 1 atom stereocenters. The van der Waals surface area contributed by atoms with Gasteiger partial charge in [0, 0.05) is 10.7 Å². The van der Waals surface area contributed by atoms with Gasteiger partial charge in [-0.1, -0.05) is 0 Å². The van der Waals surface area contributed by atoms with E-state index in [2.05, 4.69) is 26.0 Å². The largest absolute Gasteiger partial charge is 0.321 e. The first-order chi connectivity index (χ1) is 6.58. The zero-order chi connectivity index (χ0) is 10.3. The molecule has 14 heavy (non-hydrogen) atoms. The highest BCUT2D eigenvalue weighted by molar-refractivity contribution is 9.10. The number of fused-ring (bicyclic) bond motifs is 1. The minimum Gasteiger partial charge on any atom is -0.321 e. The molecule has 0 aromatic carbocycles. The first kappa shape index (κ1) is 9.61. The van der Waals surface area contributed by atoms with E-state index in [4.69, 9.17) is 5.73 Å². The smallest absolute Gasteiger partial charge is 0.168 e. The Morgan fingerprint density at radius 3 is 2.93 bits per heavy atom. The summed E-state index contributed by atoms with van der Waals surface area (Å²) in [4.78, 5) is 4.36. The molecule has 0 fully saturated rings. The normalized spacial score (nSPS) is 13.4. The van der Waals surface area contributed by atoms with Gasteiger partial charge in [0.15, 0.2) is 11.5 Å². The van der Waals surface area contributed by atoms with E-state index in [0.717, 1.165) is 15.7 Å². The Morgan fingerprint density at radius 1 is 1.57 bits per heavy atom. The van der Waals surface area contributed by atoms with E-state index in [0.29, 0.717) is 5.82 Å². The summed E-state index contributed by atoms with van der Waals surface area (Å²) in [5.74, 6) is 0.672.